The second kappa shape index (κ2) is 17.1. The van der Waals surface area contributed by atoms with Gasteiger partial charge in [0.2, 0.25) is 0 Å². The first-order valence-corrected chi connectivity index (χ1v) is 19.1. The van der Waals surface area contributed by atoms with Crippen LogP contribution in [0.1, 0.15) is 53.0 Å². The zero-order chi connectivity index (χ0) is 38.4. The third-order valence-electron chi connectivity index (χ3n) is 8.89. The number of benzene rings is 1. The zero-order valence-corrected chi connectivity index (χ0v) is 32.1. The van der Waals surface area contributed by atoms with Crippen molar-refractivity contribution in [3.8, 4) is 22.1 Å². The molecule has 13 nitrogen and oxygen atoms in total. The smallest absolute Gasteiger partial charge is 0.408 e. The Balaban J connectivity index is 0.967. The molecule has 3 aromatic heterocycles. The van der Waals surface area contributed by atoms with Crippen molar-refractivity contribution in [2.45, 2.75) is 71.7 Å². The number of urea groups is 1. The number of thiophene rings is 1. The average Bonchev–Trinajstić information content (AvgIpc) is 3.81. The van der Waals surface area contributed by atoms with Crippen molar-refractivity contribution in [2.75, 3.05) is 44.6 Å². The summed E-state index contributed by atoms with van der Waals surface area (Å²) in [6.45, 7) is 14.1. The Morgan fingerprint density at radius 3 is 2.41 bits per heavy atom. The maximum atomic E-state index is 15.0. The number of hydrogen-bond acceptors (Lipinski definition) is 11. The zero-order valence-electron chi connectivity index (χ0n) is 31.3. The first-order chi connectivity index (χ1) is 25.8. The summed E-state index contributed by atoms with van der Waals surface area (Å²) < 4.78 is 32.6. The molecule has 1 aliphatic heterocycles. The standard InChI is InChI=1S/C39H48FN7O6S/c1-24(2)34(45-38(50)53-39(3,4)5)36(48)51-19-18-46-14-16-47(17-15-46)23-25-6-10-29(42-22-25)33-21-30-35(54-33)32(12-13-41-30)52-31-11-9-27(20-28(31)40)44-37(49)43-26-7-8-26/h6,9-13,20-22,24,26,34H,7-8,14-19,23H2,1-5H3,(H,45,50)(H2,43,44,49)/t34-/m0/s1. The molecule has 0 spiro atoms. The highest BCUT2D eigenvalue weighted by molar-refractivity contribution is 7.22. The molecule has 1 saturated heterocycles. The lowest BCUT2D eigenvalue weighted by Gasteiger charge is -2.34. The predicted molar refractivity (Wildman–Crippen MR) is 205 cm³/mol. The molecule has 3 N–H and O–H groups in total. The minimum absolute atomic E-state index is 0.0433. The lowest BCUT2D eigenvalue weighted by atomic mass is 10.1. The van der Waals surface area contributed by atoms with Gasteiger partial charge in [-0.3, -0.25) is 19.8 Å². The van der Waals surface area contributed by atoms with Gasteiger partial charge in [-0.2, -0.15) is 0 Å². The van der Waals surface area contributed by atoms with E-state index in [1.807, 2.05) is 32.2 Å². The van der Waals surface area contributed by atoms with E-state index < -0.39 is 29.5 Å². The summed E-state index contributed by atoms with van der Waals surface area (Å²) >= 11 is 1.47. The largest absolute Gasteiger partial charge is 0.463 e. The summed E-state index contributed by atoms with van der Waals surface area (Å²) in [7, 11) is 0. The number of aromatic nitrogens is 2. The molecule has 4 heterocycles. The fourth-order valence-electron chi connectivity index (χ4n) is 5.87. The Kier molecular flexibility index (Phi) is 12.3. The number of hydrogen-bond donors (Lipinski definition) is 3. The Morgan fingerprint density at radius 1 is 0.981 bits per heavy atom. The molecule has 288 valence electrons. The van der Waals surface area contributed by atoms with Crippen molar-refractivity contribution < 1.29 is 33.0 Å². The predicted octanol–water partition coefficient (Wildman–Crippen LogP) is 6.78. The average molecular weight is 762 g/mol. The van der Waals surface area contributed by atoms with Crippen LogP contribution < -0.4 is 20.7 Å². The number of esters is 1. The Morgan fingerprint density at radius 2 is 1.74 bits per heavy atom. The van der Waals surface area contributed by atoms with Gasteiger partial charge >= 0.3 is 18.1 Å². The SMILES string of the molecule is CC(C)[C@H](NC(=O)OC(C)(C)C)C(=O)OCCN1CCN(Cc2ccc(-c3cc4nccc(Oc5ccc(NC(=O)NC6CC6)cc5F)c4s3)nc2)CC1. The first-order valence-electron chi connectivity index (χ1n) is 18.3. The molecule has 0 unspecified atom stereocenters. The number of fused-ring (bicyclic) bond motifs is 1. The minimum atomic E-state index is -0.782. The number of halogens is 1. The van der Waals surface area contributed by atoms with E-state index >= 15 is 0 Å². The van der Waals surface area contributed by atoms with Crippen molar-refractivity contribution in [1.82, 2.24) is 30.4 Å². The molecular weight excluding hydrogens is 714 g/mol. The number of ether oxygens (including phenoxy) is 3. The molecule has 1 aromatic carbocycles. The number of carbonyl (C=O) groups is 3. The number of nitrogens with one attached hydrogen (secondary N) is 3. The van der Waals surface area contributed by atoms with Crippen LogP contribution in [0, 0.1) is 11.7 Å². The van der Waals surface area contributed by atoms with Crippen molar-refractivity contribution in [1.29, 1.82) is 0 Å². The van der Waals surface area contributed by atoms with Crippen LogP contribution in [0.2, 0.25) is 0 Å². The second-order valence-corrected chi connectivity index (χ2v) is 16.0. The number of anilines is 1. The molecule has 1 aliphatic carbocycles. The van der Waals surface area contributed by atoms with Crippen LogP contribution in [-0.2, 0) is 20.8 Å². The Hall–Kier alpha value is -4.86. The number of amides is 3. The molecule has 15 heteroatoms. The van der Waals surface area contributed by atoms with Crippen LogP contribution >= 0.6 is 11.3 Å². The summed E-state index contributed by atoms with van der Waals surface area (Å²) in [5.41, 5.74) is 2.31. The summed E-state index contributed by atoms with van der Waals surface area (Å²) in [6.07, 6.45) is 4.81. The first kappa shape index (κ1) is 38.9. The van der Waals surface area contributed by atoms with E-state index in [0.717, 1.165) is 71.9 Å². The highest BCUT2D eigenvalue weighted by Gasteiger charge is 2.29. The van der Waals surface area contributed by atoms with Crippen molar-refractivity contribution in [3.05, 3.63) is 66.2 Å². The summed E-state index contributed by atoms with van der Waals surface area (Å²) in [5.74, 6) is -0.682. The molecule has 2 fully saturated rings. The highest BCUT2D eigenvalue weighted by atomic mass is 32.1. The van der Waals surface area contributed by atoms with Crippen LogP contribution in [0.25, 0.3) is 20.8 Å². The number of piperazine rings is 1. The highest BCUT2D eigenvalue weighted by Crippen LogP contribution is 2.39. The second-order valence-electron chi connectivity index (χ2n) is 15.0. The number of pyridine rings is 2. The van der Waals surface area contributed by atoms with Gasteiger partial charge in [-0.15, -0.1) is 11.3 Å². The molecule has 54 heavy (non-hydrogen) atoms. The van der Waals surface area contributed by atoms with E-state index in [2.05, 4.69) is 36.8 Å². The summed E-state index contributed by atoms with van der Waals surface area (Å²) in [6, 6.07) is 11.1. The van der Waals surface area contributed by atoms with E-state index in [-0.39, 0.29) is 30.3 Å². The van der Waals surface area contributed by atoms with Crippen LogP contribution in [0.4, 0.5) is 19.7 Å². The summed E-state index contributed by atoms with van der Waals surface area (Å²) in [4.78, 5) is 51.8. The van der Waals surface area contributed by atoms with Gasteiger partial charge in [0.25, 0.3) is 0 Å². The third kappa shape index (κ3) is 10.9. The third-order valence-corrected chi connectivity index (χ3v) is 10.1. The molecular formula is C39H48FN7O6S. The van der Waals surface area contributed by atoms with E-state index in [9.17, 15) is 18.8 Å². The fraction of sp³-hybridized carbons (Fsp3) is 0.462. The molecule has 2 aliphatic rings. The number of rotatable bonds is 13. The van der Waals surface area contributed by atoms with Gasteiger partial charge in [0.05, 0.1) is 20.8 Å². The lowest BCUT2D eigenvalue weighted by Crippen LogP contribution is -2.49. The maximum absolute atomic E-state index is 15.0. The van der Waals surface area contributed by atoms with E-state index in [1.54, 1.807) is 39.1 Å². The number of nitrogens with zero attached hydrogens (tertiary/aromatic N) is 4. The quantitative estimate of drug-likeness (QED) is 0.125. The van der Waals surface area contributed by atoms with E-state index in [1.165, 1.54) is 23.5 Å². The fourth-order valence-corrected chi connectivity index (χ4v) is 6.91. The molecule has 4 aromatic rings. The van der Waals surface area contributed by atoms with Crippen LogP contribution in [0.3, 0.4) is 0 Å². The van der Waals surface area contributed by atoms with Gasteiger partial charge in [0.15, 0.2) is 11.6 Å². The van der Waals surface area contributed by atoms with Gasteiger partial charge < -0.3 is 30.2 Å². The Labute approximate surface area is 318 Å². The topological polar surface area (TPSA) is 147 Å². The van der Waals surface area contributed by atoms with Gasteiger partial charge in [-0.25, -0.2) is 18.8 Å². The van der Waals surface area contributed by atoms with Gasteiger partial charge in [0.1, 0.15) is 24.0 Å². The lowest BCUT2D eigenvalue weighted by molar-refractivity contribution is -0.148. The van der Waals surface area contributed by atoms with Gasteiger partial charge in [-0.1, -0.05) is 19.9 Å². The van der Waals surface area contributed by atoms with E-state index in [0.29, 0.717) is 18.0 Å². The molecule has 1 atom stereocenters. The van der Waals surface area contributed by atoms with Gasteiger partial charge in [-0.05, 0) is 69.4 Å². The normalized spacial score (nSPS) is 15.8. The molecule has 1 saturated carbocycles. The molecule has 0 bridgehead atoms. The molecule has 3 amide bonds. The van der Waals surface area contributed by atoms with Gasteiger partial charge in [0, 0.05) is 75.5 Å². The number of alkyl carbamates (subject to hydrolysis) is 1. The Bertz CT molecular complexity index is 1940. The maximum Gasteiger partial charge on any atom is 0.408 e. The van der Waals surface area contributed by atoms with Crippen molar-refractivity contribution in [2.24, 2.45) is 5.92 Å². The van der Waals surface area contributed by atoms with Crippen LogP contribution in [-0.4, -0.2) is 94.9 Å². The molecule has 0 radical (unpaired) electrons. The van der Waals surface area contributed by atoms with Crippen molar-refractivity contribution in [3.63, 3.8) is 0 Å². The van der Waals surface area contributed by atoms with Crippen molar-refractivity contribution >= 4 is 45.3 Å². The molecule has 6 rings (SSSR count). The minimum Gasteiger partial charge on any atom is -0.463 e. The van der Waals surface area contributed by atoms with Crippen LogP contribution in [0.5, 0.6) is 11.5 Å². The summed E-state index contributed by atoms with van der Waals surface area (Å²) in [5, 5.41) is 8.11. The number of carbonyl (C=O) groups excluding carboxylic acids is 3. The van der Waals surface area contributed by atoms with Crippen LogP contribution in [0.15, 0.2) is 54.9 Å². The monoisotopic (exact) mass is 761 g/mol. The van der Waals surface area contributed by atoms with E-state index in [4.69, 9.17) is 19.2 Å².